The van der Waals surface area contributed by atoms with Gasteiger partial charge in [-0.05, 0) is 51.6 Å². The lowest BCUT2D eigenvalue weighted by Crippen LogP contribution is -2.53. The molecule has 0 bridgehead atoms. The zero-order valence-electron chi connectivity index (χ0n) is 19.0. The summed E-state index contributed by atoms with van der Waals surface area (Å²) in [4.78, 5) is 48.7. The molecule has 0 aromatic carbocycles. The van der Waals surface area contributed by atoms with Gasteiger partial charge in [0.05, 0.1) is 18.5 Å². The summed E-state index contributed by atoms with van der Waals surface area (Å²) in [5, 5.41) is 17.9. The lowest BCUT2D eigenvalue weighted by Gasteiger charge is -2.39. The molecule has 32 heavy (non-hydrogen) atoms. The average Bonchev–Trinajstić information content (AvgIpc) is 2.80. The standard InChI is InChI=1S/C20H35N3O3.C2H2O4/c1-2-26-20(25)23-14-12-22(13-15-23)19(24)18-8-10-21(11-9-18)16-17-6-4-3-5-7-17;3-1(4)2(5)6/h17-18H,2-16H2,1H3;(H,3,4)(H,5,6)/p-2. The van der Waals surface area contributed by atoms with Crippen molar-refractivity contribution in [2.24, 2.45) is 11.8 Å². The number of rotatable bonds is 4. The molecule has 2 saturated heterocycles. The van der Waals surface area contributed by atoms with Gasteiger partial charge in [-0.15, -0.1) is 0 Å². The third-order valence-electron chi connectivity index (χ3n) is 6.46. The van der Waals surface area contributed by atoms with Gasteiger partial charge in [-0.1, -0.05) is 19.3 Å². The minimum atomic E-state index is -2.19. The topological polar surface area (TPSA) is 133 Å². The summed E-state index contributed by atoms with van der Waals surface area (Å²) in [6.45, 7) is 8.04. The van der Waals surface area contributed by atoms with E-state index in [1.807, 2.05) is 11.8 Å². The number of aliphatic carboxylic acids is 2. The van der Waals surface area contributed by atoms with Crippen molar-refractivity contribution in [3.05, 3.63) is 0 Å². The van der Waals surface area contributed by atoms with Crippen LogP contribution in [0.2, 0.25) is 0 Å². The number of carbonyl (C=O) groups excluding carboxylic acids is 4. The number of carbonyl (C=O) groups is 4. The summed E-state index contributed by atoms with van der Waals surface area (Å²) in [5.74, 6) is -3.02. The zero-order chi connectivity index (χ0) is 23.5. The lowest BCUT2D eigenvalue weighted by molar-refractivity contribution is -0.345. The van der Waals surface area contributed by atoms with Crippen molar-refractivity contribution >= 4 is 23.9 Å². The second-order valence-corrected chi connectivity index (χ2v) is 8.67. The Morgan fingerprint density at radius 2 is 1.31 bits per heavy atom. The second kappa shape index (κ2) is 13.2. The Bertz CT molecular complexity index is 623. The summed E-state index contributed by atoms with van der Waals surface area (Å²) in [6.07, 6.45) is 8.72. The minimum Gasteiger partial charge on any atom is -0.543 e. The zero-order valence-corrected chi connectivity index (χ0v) is 19.0. The smallest absolute Gasteiger partial charge is 0.409 e. The molecule has 2 amide bonds. The number of piperazine rings is 1. The molecule has 1 saturated carbocycles. The van der Waals surface area contributed by atoms with E-state index in [0.29, 0.717) is 38.7 Å². The first kappa shape index (κ1) is 25.9. The van der Waals surface area contributed by atoms with Crippen LogP contribution in [-0.4, -0.2) is 91.1 Å². The van der Waals surface area contributed by atoms with Crippen LogP contribution in [-0.2, 0) is 19.1 Å². The number of nitrogens with zero attached hydrogens (tertiary/aromatic N) is 3. The first-order valence-electron chi connectivity index (χ1n) is 11.7. The van der Waals surface area contributed by atoms with Crippen molar-refractivity contribution in [3.8, 4) is 0 Å². The van der Waals surface area contributed by atoms with Gasteiger partial charge in [0, 0.05) is 38.6 Å². The van der Waals surface area contributed by atoms with Crippen LogP contribution in [0.1, 0.15) is 51.9 Å². The van der Waals surface area contributed by atoms with E-state index in [9.17, 15) is 9.59 Å². The summed E-state index contributed by atoms with van der Waals surface area (Å²) in [6, 6.07) is 0. The molecule has 0 spiro atoms. The van der Waals surface area contributed by atoms with E-state index < -0.39 is 11.9 Å². The van der Waals surface area contributed by atoms with Crippen LogP contribution in [0.3, 0.4) is 0 Å². The molecule has 2 aliphatic heterocycles. The molecule has 0 radical (unpaired) electrons. The Labute approximate surface area is 189 Å². The predicted octanol–water partition coefficient (Wildman–Crippen LogP) is -0.934. The van der Waals surface area contributed by atoms with Gasteiger partial charge in [0.2, 0.25) is 5.91 Å². The highest BCUT2D eigenvalue weighted by Crippen LogP contribution is 2.27. The highest BCUT2D eigenvalue weighted by molar-refractivity contribution is 6.25. The fourth-order valence-corrected chi connectivity index (χ4v) is 4.68. The molecular weight excluding hydrogens is 418 g/mol. The first-order chi connectivity index (χ1) is 15.3. The number of piperidine rings is 1. The van der Waals surface area contributed by atoms with Gasteiger partial charge in [0.25, 0.3) is 0 Å². The molecule has 0 N–H and O–H groups in total. The Hall–Kier alpha value is -2.36. The number of amides is 2. The number of carboxylic acids is 2. The SMILES string of the molecule is CCOC(=O)N1CCN(C(=O)C2CCN(CC3CCCCC3)CC2)CC1.O=C([O-])C(=O)[O-]. The van der Waals surface area contributed by atoms with E-state index in [2.05, 4.69) is 4.90 Å². The van der Waals surface area contributed by atoms with Gasteiger partial charge >= 0.3 is 6.09 Å². The van der Waals surface area contributed by atoms with Crippen molar-refractivity contribution in [1.82, 2.24) is 14.7 Å². The molecule has 10 nitrogen and oxygen atoms in total. The van der Waals surface area contributed by atoms with Gasteiger partial charge < -0.3 is 39.2 Å². The maximum absolute atomic E-state index is 12.8. The summed E-state index contributed by atoms with van der Waals surface area (Å²) >= 11 is 0. The molecule has 182 valence electrons. The Morgan fingerprint density at radius 3 is 1.81 bits per heavy atom. The van der Waals surface area contributed by atoms with E-state index in [0.717, 1.165) is 31.8 Å². The molecule has 0 aromatic rings. The Kier molecular flexibility index (Phi) is 10.7. The summed E-state index contributed by atoms with van der Waals surface area (Å²) < 4.78 is 5.05. The van der Waals surface area contributed by atoms with Gasteiger partial charge in [-0.25, -0.2) is 4.79 Å². The normalized spacial score (nSPS) is 20.8. The molecule has 3 rings (SSSR count). The molecule has 3 fully saturated rings. The van der Waals surface area contributed by atoms with Gasteiger partial charge in [-0.2, -0.15) is 0 Å². The summed E-state index contributed by atoms with van der Waals surface area (Å²) in [5.41, 5.74) is 0. The molecule has 1 aliphatic carbocycles. The number of ether oxygens (including phenoxy) is 1. The van der Waals surface area contributed by atoms with Gasteiger partial charge in [0.1, 0.15) is 0 Å². The average molecular weight is 454 g/mol. The molecule has 2 heterocycles. The maximum Gasteiger partial charge on any atom is 0.409 e. The minimum absolute atomic E-state index is 0.173. The first-order valence-corrected chi connectivity index (χ1v) is 11.7. The fourth-order valence-electron chi connectivity index (χ4n) is 4.68. The molecule has 0 aromatic heterocycles. The van der Waals surface area contributed by atoms with E-state index in [-0.39, 0.29) is 12.0 Å². The summed E-state index contributed by atoms with van der Waals surface area (Å²) in [7, 11) is 0. The number of likely N-dealkylation sites (tertiary alicyclic amines) is 1. The quantitative estimate of drug-likeness (QED) is 0.498. The molecule has 3 aliphatic rings. The van der Waals surface area contributed by atoms with E-state index in [1.54, 1.807) is 4.90 Å². The number of hydrogen-bond donors (Lipinski definition) is 0. The molecule has 10 heteroatoms. The van der Waals surface area contributed by atoms with Crippen LogP contribution in [0, 0.1) is 11.8 Å². The largest absolute Gasteiger partial charge is 0.543 e. The number of carboxylic acid groups (broad SMARTS) is 2. The van der Waals surface area contributed by atoms with Crippen LogP contribution in [0.25, 0.3) is 0 Å². The van der Waals surface area contributed by atoms with Crippen molar-refractivity contribution in [3.63, 3.8) is 0 Å². The predicted molar refractivity (Wildman–Crippen MR) is 111 cm³/mol. The maximum atomic E-state index is 12.8. The van der Waals surface area contributed by atoms with Crippen molar-refractivity contribution in [1.29, 1.82) is 0 Å². The second-order valence-electron chi connectivity index (χ2n) is 8.67. The van der Waals surface area contributed by atoms with Crippen molar-refractivity contribution in [2.45, 2.75) is 51.9 Å². The van der Waals surface area contributed by atoms with Crippen LogP contribution < -0.4 is 10.2 Å². The van der Waals surface area contributed by atoms with Crippen molar-refractivity contribution in [2.75, 3.05) is 52.4 Å². The highest BCUT2D eigenvalue weighted by Gasteiger charge is 2.32. The van der Waals surface area contributed by atoms with Crippen LogP contribution >= 0.6 is 0 Å². The molecule has 0 atom stereocenters. The van der Waals surface area contributed by atoms with Crippen LogP contribution in [0.5, 0.6) is 0 Å². The van der Waals surface area contributed by atoms with Crippen LogP contribution in [0.15, 0.2) is 0 Å². The number of hydrogen-bond acceptors (Lipinski definition) is 8. The third-order valence-corrected chi connectivity index (χ3v) is 6.46. The van der Waals surface area contributed by atoms with E-state index in [4.69, 9.17) is 24.5 Å². The molecular formula is C22H35N3O7-2. The monoisotopic (exact) mass is 453 g/mol. The third kappa shape index (κ3) is 8.29. The Morgan fingerprint density at radius 1 is 0.781 bits per heavy atom. The molecule has 0 unspecified atom stereocenters. The lowest BCUT2D eigenvalue weighted by atomic mass is 9.87. The highest BCUT2D eigenvalue weighted by atomic mass is 16.6. The van der Waals surface area contributed by atoms with E-state index >= 15 is 0 Å². The fraction of sp³-hybridized carbons (Fsp3) is 0.818. The van der Waals surface area contributed by atoms with E-state index in [1.165, 1.54) is 38.6 Å². The van der Waals surface area contributed by atoms with Gasteiger partial charge in [-0.3, -0.25) is 4.79 Å². The van der Waals surface area contributed by atoms with Crippen molar-refractivity contribution < 1.29 is 34.1 Å². The van der Waals surface area contributed by atoms with Gasteiger partial charge in [0.15, 0.2) is 0 Å². The Balaban J connectivity index is 0.000000534. The van der Waals surface area contributed by atoms with Crippen LogP contribution in [0.4, 0.5) is 4.79 Å².